The zero-order valence-corrected chi connectivity index (χ0v) is 8.87. The maximum atomic E-state index is 11.2. The number of nitrogens with zero attached hydrogens (tertiary/aromatic N) is 3. The minimum absolute atomic E-state index is 0.190. The molecule has 2 aromatic heterocycles. The normalized spacial score (nSPS) is 17.4. The molecule has 6 heteroatoms. The second kappa shape index (κ2) is 3.65. The first-order valence-electron chi connectivity index (χ1n) is 5.26. The van der Waals surface area contributed by atoms with Crippen molar-refractivity contribution < 1.29 is 14.3 Å². The standard InChI is InChI=1S/C11H9N3O3/c15-10-4-7(5-11(16)17-10)8-6-9-12-2-1-3-14(9)13-8/h1-3,6-7H,4-5H2. The van der Waals surface area contributed by atoms with Crippen LogP contribution in [0, 0.1) is 0 Å². The van der Waals surface area contributed by atoms with Crippen molar-refractivity contribution in [3.63, 3.8) is 0 Å². The van der Waals surface area contributed by atoms with E-state index in [4.69, 9.17) is 0 Å². The van der Waals surface area contributed by atoms with Crippen LogP contribution in [0.25, 0.3) is 5.65 Å². The van der Waals surface area contributed by atoms with Crippen LogP contribution in [0.2, 0.25) is 0 Å². The average molecular weight is 231 g/mol. The van der Waals surface area contributed by atoms with Gasteiger partial charge in [-0.25, -0.2) is 9.50 Å². The van der Waals surface area contributed by atoms with Crippen LogP contribution in [-0.4, -0.2) is 26.5 Å². The maximum absolute atomic E-state index is 11.2. The van der Waals surface area contributed by atoms with Crippen LogP contribution >= 0.6 is 0 Å². The second-order valence-corrected chi connectivity index (χ2v) is 3.94. The molecule has 3 heterocycles. The SMILES string of the molecule is O=C1CC(c2cc3ncccn3n2)CC(=O)O1. The Bertz CT molecular complexity index is 556. The predicted molar refractivity (Wildman–Crippen MR) is 56.1 cm³/mol. The summed E-state index contributed by atoms with van der Waals surface area (Å²) in [6.45, 7) is 0. The number of aromatic nitrogens is 3. The Kier molecular flexibility index (Phi) is 2.14. The molecular weight excluding hydrogens is 222 g/mol. The van der Waals surface area contributed by atoms with Gasteiger partial charge in [-0.15, -0.1) is 0 Å². The van der Waals surface area contributed by atoms with Crippen molar-refractivity contribution in [2.24, 2.45) is 0 Å². The van der Waals surface area contributed by atoms with E-state index < -0.39 is 11.9 Å². The third-order valence-electron chi connectivity index (χ3n) is 2.73. The summed E-state index contributed by atoms with van der Waals surface area (Å²) in [5.74, 6) is -1.18. The van der Waals surface area contributed by atoms with Gasteiger partial charge in [0.1, 0.15) is 0 Å². The summed E-state index contributed by atoms with van der Waals surface area (Å²) in [7, 11) is 0. The van der Waals surface area contributed by atoms with Gasteiger partial charge >= 0.3 is 11.9 Å². The van der Waals surface area contributed by atoms with Crippen molar-refractivity contribution in [1.29, 1.82) is 0 Å². The van der Waals surface area contributed by atoms with Crippen molar-refractivity contribution >= 4 is 17.6 Å². The highest BCUT2D eigenvalue weighted by Gasteiger charge is 2.30. The third kappa shape index (κ3) is 1.77. The van der Waals surface area contributed by atoms with Crippen molar-refractivity contribution in [3.05, 3.63) is 30.2 Å². The lowest BCUT2D eigenvalue weighted by Gasteiger charge is -2.17. The van der Waals surface area contributed by atoms with Crippen LogP contribution < -0.4 is 0 Å². The molecule has 86 valence electrons. The molecule has 1 fully saturated rings. The van der Waals surface area contributed by atoms with Crippen molar-refractivity contribution in [2.75, 3.05) is 0 Å². The molecule has 0 bridgehead atoms. The van der Waals surface area contributed by atoms with Crippen LogP contribution in [0.15, 0.2) is 24.5 Å². The molecule has 17 heavy (non-hydrogen) atoms. The first kappa shape index (κ1) is 9.95. The molecule has 0 amide bonds. The molecule has 0 aliphatic carbocycles. The summed E-state index contributed by atoms with van der Waals surface area (Å²) >= 11 is 0. The summed E-state index contributed by atoms with van der Waals surface area (Å²) in [5, 5.41) is 4.30. The van der Waals surface area contributed by atoms with Gasteiger partial charge in [0, 0.05) is 24.4 Å². The van der Waals surface area contributed by atoms with Crippen molar-refractivity contribution in [1.82, 2.24) is 14.6 Å². The van der Waals surface area contributed by atoms with Crippen LogP contribution in [-0.2, 0) is 14.3 Å². The van der Waals surface area contributed by atoms with Crippen LogP contribution in [0.3, 0.4) is 0 Å². The second-order valence-electron chi connectivity index (χ2n) is 3.94. The Morgan fingerprint density at radius 2 is 2.06 bits per heavy atom. The molecular formula is C11H9N3O3. The molecule has 0 aromatic carbocycles. The highest BCUT2D eigenvalue weighted by molar-refractivity contribution is 5.89. The smallest absolute Gasteiger partial charge is 0.314 e. The number of cyclic esters (lactones) is 2. The molecule has 1 saturated heterocycles. The van der Waals surface area contributed by atoms with Gasteiger partial charge < -0.3 is 4.74 Å². The lowest BCUT2D eigenvalue weighted by Crippen LogP contribution is -2.24. The summed E-state index contributed by atoms with van der Waals surface area (Å²) in [5.41, 5.74) is 1.41. The van der Waals surface area contributed by atoms with E-state index in [-0.39, 0.29) is 18.8 Å². The molecule has 0 radical (unpaired) electrons. The van der Waals surface area contributed by atoms with E-state index in [0.29, 0.717) is 11.3 Å². The van der Waals surface area contributed by atoms with E-state index in [1.54, 1.807) is 29.0 Å². The molecule has 0 atom stereocenters. The third-order valence-corrected chi connectivity index (χ3v) is 2.73. The number of carbonyl (C=O) groups is 2. The fourth-order valence-corrected chi connectivity index (χ4v) is 1.94. The lowest BCUT2D eigenvalue weighted by molar-refractivity contribution is -0.164. The fraction of sp³-hybridized carbons (Fsp3) is 0.273. The first-order valence-corrected chi connectivity index (χ1v) is 5.26. The van der Waals surface area contributed by atoms with Gasteiger partial charge in [-0.3, -0.25) is 9.59 Å². The van der Waals surface area contributed by atoms with Gasteiger partial charge in [0.05, 0.1) is 18.5 Å². The highest BCUT2D eigenvalue weighted by Crippen LogP contribution is 2.27. The Hall–Kier alpha value is -2.24. The highest BCUT2D eigenvalue weighted by atomic mass is 16.6. The van der Waals surface area contributed by atoms with Gasteiger partial charge in [0.2, 0.25) is 0 Å². The maximum Gasteiger partial charge on any atom is 0.314 e. The van der Waals surface area contributed by atoms with Crippen LogP contribution in [0.5, 0.6) is 0 Å². The summed E-state index contributed by atoms with van der Waals surface area (Å²) in [6, 6.07) is 3.56. The zero-order valence-electron chi connectivity index (χ0n) is 8.87. The molecule has 1 aliphatic rings. The van der Waals surface area contributed by atoms with Gasteiger partial charge in [-0.05, 0) is 6.07 Å². The molecule has 2 aromatic rings. The van der Waals surface area contributed by atoms with Crippen molar-refractivity contribution in [3.8, 4) is 0 Å². The van der Waals surface area contributed by atoms with E-state index in [1.165, 1.54) is 0 Å². The fourth-order valence-electron chi connectivity index (χ4n) is 1.94. The topological polar surface area (TPSA) is 73.6 Å². The largest absolute Gasteiger partial charge is 0.393 e. The Morgan fingerprint density at radius 3 is 2.76 bits per heavy atom. The number of ether oxygens (including phenoxy) is 1. The summed E-state index contributed by atoms with van der Waals surface area (Å²) in [4.78, 5) is 26.5. The molecule has 6 nitrogen and oxygen atoms in total. The zero-order chi connectivity index (χ0) is 11.8. The molecule has 0 N–H and O–H groups in total. The molecule has 0 saturated carbocycles. The van der Waals surface area contributed by atoms with E-state index >= 15 is 0 Å². The van der Waals surface area contributed by atoms with E-state index in [2.05, 4.69) is 14.8 Å². The average Bonchev–Trinajstić information content (AvgIpc) is 2.71. The number of esters is 2. The number of rotatable bonds is 1. The van der Waals surface area contributed by atoms with Crippen LogP contribution in [0.1, 0.15) is 24.5 Å². The monoisotopic (exact) mass is 231 g/mol. The van der Waals surface area contributed by atoms with Gasteiger partial charge in [0.15, 0.2) is 5.65 Å². The minimum Gasteiger partial charge on any atom is -0.393 e. The molecule has 3 rings (SSSR count). The molecule has 0 unspecified atom stereocenters. The summed E-state index contributed by atoms with van der Waals surface area (Å²) < 4.78 is 6.11. The minimum atomic E-state index is -0.490. The number of hydrogen-bond donors (Lipinski definition) is 0. The van der Waals surface area contributed by atoms with Crippen LogP contribution in [0.4, 0.5) is 0 Å². The molecule has 0 spiro atoms. The molecule has 1 aliphatic heterocycles. The van der Waals surface area contributed by atoms with Gasteiger partial charge in [-0.1, -0.05) is 0 Å². The Morgan fingerprint density at radius 1 is 1.29 bits per heavy atom. The van der Waals surface area contributed by atoms with Crippen molar-refractivity contribution in [2.45, 2.75) is 18.8 Å². The Labute approximate surface area is 96.2 Å². The first-order chi connectivity index (χ1) is 8.22. The van der Waals surface area contributed by atoms with Gasteiger partial charge in [-0.2, -0.15) is 5.10 Å². The number of fused-ring (bicyclic) bond motifs is 1. The van der Waals surface area contributed by atoms with E-state index in [9.17, 15) is 9.59 Å². The predicted octanol–water partition coefficient (Wildman–Crippen LogP) is 0.676. The van der Waals surface area contributed by atoms with E-state index in [0.717, 1.165) is 0 Å². The quantitative estimate of drug-likeness (QED) is 0.533. The summed E-state index contributed by atoms with van der Waals surface area (Å²) in [6.07, 6.45) is 3.82. The number of hydrogen-bond acceptors (Lipinski definition) is 5. The lowest BCUT2D eigenvalue weighted by atomic mass is 9.96. The number of carbonyl (C=O) groups excluding carboxylic acids is 2. The Balaban J connectivity index is 1.97. The van der Waals surface area contributed by atoms with E-state index in [1.807, 2.05) is 0 Å². The van der Waals surface area contributed by atoms with Gasteiger partial charge in [0.25, 0.3) is 0 Å².